The molecule has 0 saturated carbocycles. The van der Waals surface area contributed by atoms with Crippen LogP contribution in [0.25, 0.3) is 10.8 Å². The second kappa shape index (κ2) is 10.7. The highest BCUT2D eigenvalue weighted by molar-refractivity contribution is 6.12. The van der Waals surface area contributed by atoms with Crippen LogP contribution in [0.1, 0.15) is 21.5 Å². The molecule has 0 radical (unpaired) electrons. The van der Waals surface area contributed by atoms with Gasteiger partial charge in [0, 0.05) is 5.56 Å². The van der Waals surface area contributed by atoms with Gasteiger partial charge in [-0.25, -0.2) is 0 Å². The Hall–Kier alpha value is -3.38. The van der Waals surface area contributed by atoms with Gasteiger partial charge in [-0.1, -0.05) is 66.2 Å². The van der Waals surface area contributed by atoms with E-state index in [0.717, 1.165) is 16.3 Å². The van der Waals surface area contributed by atoms with Crippen molar-refractivity contribution >= 4 is 22.6 Å². The van der Waals surface area contributed by atoms with Gasteiger partial charge in [-0.3, -0.25) is 10.1 Å². The van der Waals surface area contributed by atoms with Gasteiger partial charge < -0.3 is 15.9 Å². The molecule has 0 aromatic heterocycles. The van der Waals surface area contributed by atoms with E-state index in [4.69, 9.17) is 10.6 Å². The normalized spacial score (nSPS) is 10.8. The number of nitrogens with one attached hydrogen (secondary N) is 2. The molecule has 0 saturated heterocycles. The van der Waals surface area contributed by atoms with E-state index in [0.29, 0.717) is 5.56 Å². The summed E-state index contributed by atoms with van der Waals surface area (Å²) in [6, 6.07) is 21.1. The van der Waals surface area contributed by atoms with Crippen molar-refractivity contribution in [2.45, 2.75) is 13.5 Å². The Labute approximate surface area is 165 Å². The average molecular weight is 378 g/mol. The van der Waals surface area contributed by atoms with E-state index in [1.54, 1.807) is 6.07 Å². The molecule has 3 aromatic rings. The van der Waals surface area contributed by atoms with Crippen molar-refractivity contribution in [1.29, 1.82) is 0 Å². The summed E-state index contributed by atoms with van der Waals surface area (Å²) in [6.45, 7) is 2.30. The van der Waals surface area contributed by atoms with Gasteiger partial charge in [-0.15, -0.1) is 0 Å². The lowest BCUT2D eigenvalue weighted by Gasteiger charge is -2.07. The fraction of sp³-hybridized carbons (Fsp3) is 0.182. The zero-order valence-corrected chi connectivity index (χ0v) is 16.4. The lowest BCUT2D eigenvalue weighted by Crippen LogP contribution is -2.37. The maximum absolute atomic E-state index is 12.4. The summed E-state index contributed by atoms with van der Waals surface area (Å²) in [6.07, 6.45) is 0. The van der Waals surface area contributed by atoms with Crippen molar-refractivity contribution < 1.29 is 9.63 Å². The number of carbonyl (C=O) groups is 1. The monoisotopic (exact) mass is 378 g/mol. The van der Waals surface area contributed by atoms with Gasteiger partial charge in [-0.2, -0.15) is 0 Å². The molecule has 4 N–H and O–H groups in total. The van der Waals surface area contributed by atoms with Crippen LogP contribution < -0.4 is 16.4 Å². The Balaban J connectivity index is 0.000000878. The van der Waals surface area contributed by atoms with Gasteiger partial charge in [0.1, 0.15) is 6.61 Å². The zero-order chi connectivity index (χ0) is 20.4. The van der Waals surface area contributed by atoms with Gasteiger partial charge in [0.15, 0.2) is 0 Å². The highest BCUT2D eigenvalue weighted by atomic mass is 16.6. The molecule has 0 unspecified atom stereocenters. The molecule has 28 heavy (non-hydrogen) atoms. The molecule has 0 heterocycles. The molecule has 0 fully saturated rings. The van der Waals surface area contributed by atoms with E-state index < -0.39 is 0 Å². The molecule has 3 rings (SSSR count). The molecular formula is C22H26N4O2. The smallest absolute Gasteiger partial charge is 0.258 e. The van der Waals surface area contributed by atoms with Crippen LogP contribution in [0.15, 0.2) is 71.9 Å². The fourth-order valence-corrected chi connectivity index (χ4v) is 2.49. The second-order valence-electron chi connectivity index (χ2n) is 6.22. The minimum Gasteiger partial charge on any atom is -0.388 e. The molecule has 1 amide bonds. The van der Waals surface area contributed by atoms with E-state index in [1.165, 1.54) is 5.56 Å². The molecule has 0 aliphatic carbocycles. The lowest BCUT2D eigenvalue weighted by molar-refractivity contribution is 0.0969. The van der Waals surface area contributed by atoms with Crippen LogP contribution in [-0.2, 0) is 11.4 Å². The van der Waals surface area contributed by atoms with Crippen molar-refractivity contribution in [3.8, 4) is 0 Å². The van der Waals surface area contributed by atoms with Gasteiger partial charge in [0.05, 0.1) is 0 Å². The van der Waals surface area contributed by atoms with Crippen LogP contribution in [0.3, 0.4) is 0 Å². The van der Waals surface area contributed by atoms with E-state index in [1.807, 2.05) is 81.7 Å². The van der Waals surface area contributed by atoms with Crippen LogP contribution >= 0.6 is 0 Å². The van der Waals surface area contributed by atoms with Crippen LogP contribution in [-0.4, -0.2) is 26.0 Å². The van der Waals surface area contributed by atoms with Gasteiger partial charge in [0.25, 0.3) is 5.91 Å². The Morgan fingerprint density at radius 2 is 1.64 bits per heavy atom. The molecular weight excluding hydrogens is 352 g/mol. The van der Waals surface area contributed by atoms with Gasteiger partial charge in [0.2, 0.25) is 5.96 Å². The van der Waals surface area contributed by atoms with Crippen LogP contribution in [0, 0.1) is 6.92 Å². The summed E-state index contributed by atoms with van der Waals surface area (Å²) in [5, 5.41) is 10.9. The van der Waals surface area contributed by atoms with E-state index >= 15 is 0 Å². The molecule has 0 atom stereocenters. The molecule has 6 nitrogen and oxygen atoms in total. The number of guanidine groups is 1. The van der Waals surface area contributed by atoms with Gasteiger partial charge in [-0.05, 0) is 48.6 Å². The summed E-state index contributed by atoms with van der Waals surface area (Å²) >= 11 is 0. The first-order chi connectivity index (χ1) is 13.5. The number of carbonyl (C=O) groups excluding carboxylic acids is 1. The molecule has 0 aliphatic rings. The third-order valence-corrected chi connectivity index (χ3v) is 3.79. The van der Waals surface area contributed by atoms with Crippen molar-refractivity contribution in [3.63, 3.8) is 0 Å². The van der Waals surface area contributed by atoms with E-state index in [2.05, 4.69) is 15.8 Å². The lowest BCUT2D eigenvalue weighted by atomic mass is 10.0. The van der Waals surface area contributed by atoms with E-state index in [9.17, 15) is 4.79 Å². The number of benzene rings is 3. The fourth-order valence-electron chi connectivity index (χ4n) is 2.49. The average Bonchev–Trinajstić information content (AvgIpc) is 2.69. The number of nitrogens with two attached hydrogens (primary N) is 1. The summed E-state index contributed by atoms with van der Waals surface area (Å²) in [4.78, 5) is 17.6. The Kier molecular flexibility index (Phi) is 7.99. The minimum absolute atomic E-state index is 0.0787. The quantitative estimate of drug-likeness (QED) is 0.370. The predicted octanol–water partition coefficient (Wildman–Crippen LogP) is 3.16. The molecule has 0 aliphatic heterocycles. The van der Waals surface area contributed by atoms with Crippen molar-refractivity contribution in [3.05, 3.63) is 83.4 Å². The molecule has 0 bridgehead atoms. The number of hydrogen-bond donors (Lipinski definition) is 3. The molecule has 6 heteroatoms. The van der Waals surface area contributed by atoms with Crippen molar-refractivity contribution in [2.75, 3.05) is 14.1 Å². The van der Waals surface area contributed by atoms with Crippen LogP contribution in [0.5, 0.6) is 0 Å². The first-order valence-electron chi connectivity index (χ1n) is 8.93. The predicted molar refractivity (Wildman–Crippen MR) is 114 cm³/mol. The SMILES string of the molecule is CNC.Cc1ccc(CON=C(N)NC(=O)c2cccc3ccccc23)cc1. The second-order valence-corrected chi connectivity index (χ2v) is 6.22. The number of oxime groups is 1. The summed E-state index contributed by atoms with van der Waals surface area (Å²) in [5.74, 6) is -0.401. The summed E-state index contributed by atoms with van der Waals surface area (Å²) in [5.41, 5.74) is 8.42. The first-order valence-corrected chi connectivity index (χ1v) is 8.93. The Morgan fingerprint density at radius 1 is 1.00 bits per heavy atom. The topological polar surface area (TPSA) is 88.7 Å². The standard InChI is InChI=1S/C20H19N3O2.C2H7N/c1-14-9-11-15(12-10-14)13-25-23-20(21)22-19(24)18-8-4-6-16-5-2-3-7-17(16)18;1-3-2/h2-12H,13H2,1H3,(H3,21,22,23,24);3H,1-2H3. The number of nitrogens with zero attached hydrogens (tertiary/aromatic N) is 1. The van der Waals surface area contributed by atoms with Crippen molar-refractivity contribution in [1.82, 2.24) is 10.6 Å². The first kappa shape index (κ1) is 20.9. The Bertz CT molecular complexity index is 931. The Morgan fingerprint density at radius 3 is 2.36 bits per heavy atom. The number of hydrogen-bond acceptors (Lipinski definition) is 4. The third-order valence-electron chi connectivity index (χ3n) is 3.79. The number of aryl methyl sites for hydroxylation is 1. The maximum Gasteiger partial charge on any atom is 0.258 e. The van der Waals surface area contributed by atoms with Crippen molar-refractivity contribution in [2.24, 2.45) is 10.9 Å². The number of amides is 1. The third kappa shape index (κ3) is 6.10. The zero-order valence-electron chi connectivity index (χ0n) is 16.4. The number of fused-ring (bicyclic) bond motifs is 1. The van der Waals surface area contributed by atoms with Gasteiger partial charge >= 0.3 is 0 Å². The number of rotatable bonds is 4. The molecule has 3 aromatic carbocycles. The largest absolute Gasteiger partial charge is 0.388 e. The maximum atomic E-state index is 12.4. The molecule has 146 valence electrons. The minimum atomic E-state index is -0.322. The van der Waals surface area contributed by atoms with Crippen LogP contribution in [0.4, 0.5) is 0 Å². The molecule has 0 spiro atoms. The summed E-state index contributed by atoms with van der Waals surface area (Å²) in [7, 11) is 3.75. The van der Waals surface area contributed by atoms with Crippen LogP contribution in [0.2, 0.25) is 0 Å². The summed E-state index contributed by atoms with van der Waals surface area (Å²) < 4.78 is 0. The van der Waals surface area contributed by atoms with E-state index in [-0.39, 0.29) is 18.5 Å². The highest BCUT2D eigenvalue weighted by Gasteiger charge is 2.10. The highest BCUT2D eigenvalue weighted by Crippen LogP contribution is 2.18.